The van der Waals surface area contributed by atoms with Gasteiger partial charge >= 0.3 is 0 Å². The van der Waals surface area contributed by atoms with Crippen LogP contribution in [0.4, 0.5) is 0 Å². The fourth-order valence-corrected chi connectivity index (χ4v) is 1.68. The Morgan fingerprint density at radius 1 is 1.33 bits per heavy atom. The minimum absolute atomic E-state index is 0.738. The maximum atomic E-state index is 5.53. The standard InChI is InChI=1S/C11H15IN2O/c12-10-3-4-11(13-9-10)15-8-2-1-5-14-6-7-14/h3-4,9H,1-2,5-8H2. The van der Waals surface area contributed by atoms with Gasteiger partial charge in [-0.1, -0.05) is 0 Å². The molecule has 0 bridgehead atoms. The molecule has 1 aliphatic rings. The lowest BCUT2D eigenvalue weighted by atomic mass is 10.3. The third kappa shape index (κ3) is 4.34. The molecule has 1 saturated heterocycles. The Hall–Kier alpha value is -0.360. The number of rotatable bonds is 6. The van der Waals surface area contributed by atoms with Crippen LogP contribution >= 0.6 is 22.6 Å². The van der Waals surface area contributed by atoms with Crippen molar-refractivity contribution in [2.45, 2.75) is 12.8 Å². The summed E-state index contributed by atoms with van der Waals surface area (Å²) in [6, 6.07) is 3.94. The van der Waals surface area contributed by atoms with Crippen LogP contribution < -0.4 is 4.74 Å². The molecule has 1 aliphatic heterocycles. The number of pyridine rings is 1. The van der Waals surface area contributed by atoms with Crippen molar-refractivity contribution in [1.29, 1.82) is 0 Å². The molecule has 0 aromatic carbocycles. The van der Waals surface area contributed by atoms with E-state index in [1.165, 1.54) is 26.1 Å². The lowest BCUT2D eigenvalue weighted by molar-refractivity contribution is 0.291. The van der Waals surface area contributed by atoms with E-state index in [9.17, 15) is 0 Å². The Morgan fingerprint density at radius 3 is 2.87 bits per heavy atom. The van der Waals surface area contributed by atoms with E-state index in [1.54, 1.807) is 0 Å². The number of nitrogens with zero attached hydrogens (tertiary/aromatic N) is 2. The summed E-state index contributed by atoms with van der Waals surface area (Å²) in [5.41, 5.74) is 0. The average Bonchev–Trinajstić information content (AvgIpc) is 3.04. The van der Waals surface area contributed by atoms with Crippen LogP contribution in [0, 0.1) is 3.57 Å². The van der Waals surface area contributed by atoms with E-state index in [-0.39, 0.29) is 0 Å². The van der Waals surface area contributed by atoms with Gasteiger partial charge in [-0.2, -0.15) is 0 Å². The molecular formula is C11H15IN2O. The molecule has 0 unspecified atom stereocenters. The van der Waals surface area contributed by atoms with E-state index in [4.69, 9.17) is 4.74 Å². The van der Waals surface area contributed by atoms with E-state index in [0.29, 0.717) is 0 Å². The van der Waals surface area contributed by atoms with E-state index in [2.05, 4.69) is 32.5 Å². The second-order valence-electron chi connectivity index (χ2n) is 3.71. The molecule has 3 nitrogen and oxygen atoms in total. The summed E-state index contributed by atoms with van der Waals surface area (Å²) < 4.78 is 6.67. The van der Waals surface area contributed by atoms with Crippen molar-refractivity contribution < 1.29 is 4.74 Å². The highest BCUT2D eigenvalue weighted by atomic mass is 127. The average molecular weight is 318 g/mol. The number of hydrogen-bond acceptors (Lipinski definition) is 3. The van der Waals surface area contributed by atoms with Crippen molar-refractivity contribution in [2.24, 2.45) is 0 Å². The van der Waals surface area contributed by atoms with Gasteiger partial charge in [-0.05, 0) is 48.0 Å². The fourth-order valence-electron chi connectivity index (χ4n) is 1.36. The Balaban J connectivity index is 1.58. The summed E-state index contributed by atoms with van der Waals surface area (Å²) in [7, 11) is 0. The van der Waals surface area contributed by atoms with Crippen molar-refractivity contribution in [1.82, 2.24) is 9.88 Å². The highest BCUT2D eigenvalue weighted by molar-refractivity contribution is 14.1. The fraction of sp³-hybridized carbons (Fsp3) is 0.545. The van der Waals surface area contributed by atoms with Crippen molar-refractivity contribution in [3.05, 3.63) is 21.9 Å². The Kier molecular flexibility index (Phi) is 4.19. The van der Waals surface area contributed by atoms with Crippen LogP contribution in [0.3, 0.4) is 0 Å². The van der Waals surface area contributed by atoms with Gasteiger partial charge in [0, 0.05) is 28.9 Å². The van der Waals surface area contributed by atoms with Crippen LogP contribution in [0.15, 0.2) is 18.3 Å². The maximum Gasteiger partial charge on any atom is 0.213 e. The zero-order valence-corrected chi connectivity index (χ0v) is 10.8. The monoisotopic (exact) mass is 318 g/mol. The van der Waals surface area contributed by atoms with Crippen molar-refractivity contribution >= 4 is 22.6 Å². The second kappa shape index (κ2) is 5.65. The zero-order valence-electron chi connectivity index (χ0n) is 8.66. The van der Waals surface area contributed by atoms with Crippen LogP contribution in [-0.2, 0) is 0 Å². The molecule has 0 radical (unpaired) electrons. The smallest absolute Gasteiger partial charge is 0.213 e. The summed E-state index contributed by atoms with van der Waals surface area (Å²) in [6.45, 7) is 4.59. The third-order valence-electron chi connectivity index (χ3n) is 2.36. The molecule has 1 aromatic heterocycles. The van der Waals surface area contributed by atoms with Crippen LogP contribution in [0.25, 0.3) is 0 Å². The predicted octanol–water partition coefficient (Wildman–Crippen LogP) is 2.16. The minimum atomic E-state index is 0.738. The first-order valence-corrected chi connectivity index (χ1v) is 6.39. The summed E-state index contributed by atoms with van der Waals surface area (Å²) >= 11 is 2.24. The molecule has 2 heterocycles. The van der Waals surface area contributed by atoms with Gasteiger partial charge < -0.3 is 9.64 Å². The van der Waals surface area contributed by atoms with Crippen LogP contribution in [0.1, 0.15) is 12.8 Å². The molecule has 82 valence electrons. The predicted molar refractivity (Wildman–Crippen MR) is 68.1 cm³/mol. The second-order valence-corrected chi connectivity index (χ2v) is 4.96. The molecule has 0 aliphatic carbocycles. The Labute approximate surface area is 104 Å². The number of unbranched alkanes of at least 4 members (excludes halogenated alkanes) is 1. The molecule has 2 rings (SSSR count). The molecule has 1 aromatic rings. The number of ether oxygens (including phenoxy) is 1. The first-order valence-electron chi connectivity index (χ1n) is 5.31. The van der Waals surface area contributed by atoms with Gasteiger partial charge in [0.2, 0.25) is 5.88 Å². The molecule has 0 amide bonds. The molecular weight excluding hydrogens is 303 g/mol. The van der Waals surface area contributed by atoms with Crippen LogP contribution in [-0.4, -0.2) is 36.1 Å². The molecule has 0 N–H and O–H groups in total. The molecule has 15 heavy (non-hydrogen) atoms. The molecule has 0 saturated carbocycles. The Morgan fingerprint density at radius 2 is 2.20 bits per heavy atom. The van der Waals surface area contributed by atoms with Gasteiger partial charge in [0.1, 0.15) is 0 Å². The van der Waals surface area contributed by atoms with Crippen molar-refractivity contribution in [3.8, 4) is 5.88 Å². The van der Waals surface area contributed by atoms with Crippen LogP contribution in [0.5, 0.6) is 5.88 Å². The zero-order chi connectivity index (χ0) is 10.5. The number of hydrogen-bond donors (Lipinski definition) is 0. The SMILES string of the molecule is Ic1ccc(OCCCCN2CC2)nc1. The molecule has 0 atom stereocenters. The van der Waals surface area contributed by atoms with Crippen molar-refractivity contribution in [3.63, 3.8) is 0 Å². The van der Waals surface area contributed by atoms with E-state index in [0.717, 1.165) is 22.5 Å². The Bertz CT molecular complexity index is 298. The minimum Gasteiger partial charge on any atom is -0.478 e. The van der Waals surface area contributed by atoms with Gasteiger partial charge in [-0.15, -0.1) is 0 Å². The van der Waals surface area contributed by atoms with E-state index in [1.807, 2.05) is 18.3 Å². The van der Waals surface area contributed by atoms with E-state index < -0.39 is 0 Å². The quantitative estimate of drug-likeness (QED) is 0.457. The highest BCUT2D eigenvalue weighted by Crippen LogP contribution is 2.10. The first kappa shape index (κ1) is 11.1. The summed E-state index contributed by atoms with van der Waals surface area (Å²) in [5.74, 6) is 0.738. The van der Waals surface area contributed by atoms with Crippen LogP contribution in [0.2, 0.25) is 0 Å². The number of halogens is 1. The maximum absolute atomic E-state index is 5.53. The summed E-state index contributed by atoms with van der Waals surface area (Å²) in [5, 5.41) is 0. The summed E-state index contributed by atoms with van der Waals surface area (Å²) in [4.78, 5) is 6.62. The number of aromatic nitrogens is 1. The van der Waals surface area contributed by atoms with E-state index >= 15 is 0 Å². The third-order valence-corrected chi connectivity index (χ3v) is 3.00. The van der Waals surface area contributed by atoms with Gasteiger partial charge in [0.25, 0.3) is 0 Å². The molecule has 1 fully saturated rings. The topological polar surface area (TPSA) is 25.1 Å². The van der Waals surface area contributed by atoms with Gasteiger partial charge in [0.05, 0.1) is 6.61 Å². The van der Waals surface area contributed by atoms with Crippen molar-refractivity contribution in [2.75, 3.05) is 26.2 Å². The molecule has 0 spiro atoms. The molecule has 4 heteroatoms. The normalized spacial score (nSPS) is 15.3. The van der Waals surface area contributed by atoms with Gasteiger partial charge in [-0.3, -0.25) is 0 Å². The van der Waals surface area contributed by atoms with Gasteiger partial charge in [-0.25, -0.2) is 4.98 Å². The first-order chi connectivity index (χ1) is 7.34. The van der Waals surface area contributed by atoms with Gasteiger partial charge in [0.15, 0.2) is 0 Å². The highest BCUT2D eigenvalue weighted by Gasteiger charge is 2.15. The summed E-state index contributed by atoms with van der Waals surface area (Å²) in [6.07, 6.45) is 4.17. The lowest BCUT2D eigenvalue weighted by Crippen LogP contribution is -2.04. The lowest BCUT2D eigenvalue weighted by Gasteiger charge is -2.05. The largest absolute Gasteiger partial charge is 0.478 e.